The Hall–Kier alpha value is -0.360. The van der Waals surface area contributed by atoms with E-state index in [1.165, 1.54) is 0 Å². The molecule has 0 radical (unpaired) electrons. The predicted octanol–water partition coefficient (Wildman–Crippen LogP) is 4.22. The normalized spacial score (nSPS) is 10.5. The summed E-state index contributed by atoms with van der Waals surface area (Å²) in [7, 11) is 0. The highest BCUT2D eigenvalue weighted by Gasteiger charge is 2.04. The molecule has 2 aromatic rings. The minimum atomic E-state index is 0.556. The van der Waals surface area contributed by atoms with E-state index in [2.05, 4.69) is 42.9 Å². The molecule has 17 heavy (non-hydrogen) atoms. The van der Waals surface area contributed by atoms with Gasteiger partial charge in [0.05, 0.1) is 0 Å². The van der Waals surface area contributed by atoms with Crippen molar-refractivity contribution in [1.29, 1.82) is 0 Å². The van der Waals surface area contributed by atoms with Crippen molar-refractivity contribution in [2.45, 2.75) is 16.5 Å². The molecule has 0 fully saturated rings. The van der Waals surface area contributed by atoms with Crippen LogP contribution >= 0.6 is 43.6 Å². The third-order valence-electron chi connectivity index (χ3n) is 2.15. The van der Waals surface area contributed by atoms with E-state index in [-0.39, 0.29) is 0 Å². The minimum absolute atomic E-state index is 0.556. The summed E-state index contributed by atoms with van der Waals surface area (Å²) in [5.41, 5.74) is 6.71. The van der Waals surface area contributed by atoms with Gasteiger partial charge in [-0.2, -0.15) is 0 Å². The van der Waals surface area contributed by atoms with Crippen LogP contribution in [0, 0.1) is 0 Å². The fraction of sp³-hybridized carbons (Fsp3) is 0.0833. The second-order valence-corrected chi connectivity index (χ2v) is 6.22. The van der Waals surface area contributed by atoms with Crippen LogP contribution in [-0.2, 0) is 6.54 Å². The second kappa shape index (κ2) is 6.00. The Bertz CT molecular complexity index is 514. The van der Waals surface area contributed by atoms with Crippen LogP contribution < -0.4 is 5.73 Å². The predicted molar refractivity (Wildman–Crippen MR) is 78.1 cm³/mol. The van der Waals surface area contributed by atoms with Gasteiger partial charge in [0.2, 0.25) is 0 Å². The van der Waals surface area contributed by atoms with Crippen molar-refractivity contribution in [3.8, 4) is 0 Å². The van der Waals surface area contributed by atoms with Crippen LogP contribution in [-0.4, -0.2) is 4.98 Å². The second-order valence-electron chi connectivity index (χ2n) is 3.39. The maximum Gasteiger partial charge on any atom is 0.101 e. The summed E-state index contributed by atoms with van der Waals surface area (Å²) in [5.74, 6) is 0. The van der Waals surface area contributed by atoms with E-state index in [4.69, 9.17) is 5.73 Å². The fourth-order valence-electron chi connectivity index (χ4n) is 1.29. The Labute approximate surface area is 121 Å². The third kappa shape index (κ3) is 3.55. The van der Waals surface area contributed by atoms with E-state index in [9.17, 15) is 0 Å². The quantitative estimate of drug-likeness (QED) is 0.875. The van der Waals surface area contributed by atoms with E-state index in [0.717, 1.165) is 24.4 Å². The maximum absolute atomic E-state index is 5.59. The molecule has 0 aliphatic rings. The molecule has 0 saturated carbocycles. The lowest BCUT2D eigenvalue weighted by Crippen LogP contribution is -1.95. The van der Waals surface area contributed by atoms with Crippen molar-refractivity contribution in [3.63, 3.8) is 0 Å². The highest BCUT2D eigenvalue weighted by atomic mass is 79.9. The van der Waals surface area contributed by atoms with Gasteiger partial charge in [0.15, 0.2) is 0 Å². The molecular weight excluding hydrogens is 364 g/mol. The van der Waals surface area contributed by atoms with Gasteiger partial charge in [-0.15, -0.1) is 0 Å². The maximum atomic E-state index is 5.59. The number of benzene rings is 1. The zero-order chi connectivity index (χ0) is 12.3. The zero-order valence-electron chi connectivity index (χ0n) is 8.86. The number of rotatable bonds is 3. The summed E-state index contributed by atoms with van der Waals surface area (Å²) in [6.45, 7) is 0.556. The number of hydrogen-bond donors (Lipinski definition) is 1. The molecule has 1 heterocycles. The summed E-state index contributed by atoms with van der Waals surface area (Å²) in [6, 6.07) is 10.1. The zero-order valence-corrected chi connectivity index (χ0v) is 12.8. The summed E-state index contributed by atoms with van der Waals surface area (Å²) < 4.78 is 2.04. The first-order valence-corrected chi connectivity index (χ1v) is 7.37. The lowest BCUT2D eigenvalue weighted by atomic mass is 10.2. The van der Waals surface area contributed by atoms with E-state index in [1.807, 2.05) is 24.3 Å². The number of hydrogen-bond acceptors (Lipinski definition) is 3. The van der Waals surface area contributed by atoms with Crippen molar-refractivity contribution < 1.29 is 0 Å². The first-order chi connectivity index (χ1) is 8.19. The molecule has 2 rings (SSSR count). The number of halogens is 2. The largest absolute Gasteiger partial charge is 0.326 e. The molecule has 1 aromatic carbocycles. The van der Waals surface area contributed by atoms with E-state index < -0.39 is 0 Å². The van der Waals surface area contributed by atoms with Gasteiger partial charge >= 0.3 is 0 Å². The SMILES string of the molecule is NCc1ccc(Sc2ccc(Br)cn2)c(Br)c1. The Morgan fingerprint density at radius 1 is 1.18 bits per heavy atom. The third-order valence-corrected chi connectivity index (χ3v) is 4.56. The first-order valence-electron chi connectivity index (χ1n) is 4.97. The Morgan fingerprint density at radius 2 is 2.00 bits per heavy atom. The van der Waals surface area contributed by atoms with Gasteiger partial charge in [-0.25, -0.2) is 4.98 Å². The molecule has 5 heteroatoms. The lowest BCUT2D eigenvalue weighted by Gasteiger charge is -2.05. The average molecular weight is 374 g/mol. The van der Waals surface area contributed by atoms with Gasteiger partial charge in [0, 0.05) is 26.6 Å². The van der Waals surface area contributed by atoms with Crippen LogP contribution in [0.15, 0.2) is 55.4 Å². The van der Waals surface area contributed by atoms with Gasteiger partial charge < -0.3 is 5.73 Å². The number of nitrogens with zero attached hydrogens (tertiary/aromatic N) is 1. The monoisotopic (exact) mass is 372 g/mol. The topological polar surface area (TPSA) is 38.9 Å². The van der Waals surface area contributed by atoms with Crippen molar-refractivity contribution >= 4 is 43.6 Å². The van der Waals surface area contributed by atoms with Crippen LogP contribution in [0.25, 0.3) is 0 Å². The van der Waals surface area contributed by atoms with Crippen LogP contribution in [0.1, 0.15) is 5.56 Å². The molecule has 88 valence electrons. The Balaban J connectivity index is 2.21. The first kappa shape index (κ1) is 13.1. The number of pyridine rings is 1. The summed E-state index contributed by atoms with van der Waals surface area (Å²) >= 11 is 8.54. The summed E-state index contributed by atoms with van der Waals surface area (Å²) in [4.78, 5) is 5.46. The van der Waals surface area contributed by atoms with Gasteiger partial charge in [-0.3, -0.25) is 0 Å². The molecule has 0 amide bonds. The molecule has 0 spiro atoms. The molecule has 0 saturated heterocycles. The van der Waals surface area contributed by atoms with Gasteiger partial charge in [-0.05, 0) is 61.7 Å². The van der Waals surface area contributed by atoms with Gasteiger partial charge in [0.25, 0.3) is 0 Å². The molecule has 0 atom stereocenters. The molecule has 0 unspecified atom stereocenters. The highest BCUT2D eigenvalue weighted by Crippen LogP contribution is 2.33. The molecule has 0 aliphatic heterocycles. The molecule has 2 nitrogen and oxygen atoms in total. The highest BCUT2D eigenvalue weighted by molar-refractivity contribution is 9.10. The lowest BCUT2D eigenvalue weighted by molar-refractivity contribution is 1.06. The molecule has 2 N–H and O–H groups in total. The van der Waals surface area contributed by atoms with E-state index >= 15 is 0 Å². The molecule has 1 aromatic heterocycles. The van der Waals surface area contributed by atoms with Crippen LogP contribution in [0.2, 0.25) is 0 Å². The average Bonchev–Trinajstić information content (AvgIpc) is 2.34. The van der Waals surface area contributed by atoms with Gasteiger partial charge in [0.1, 0.15) is 5.03 Å². The van der Waals surface area contributed by atoms with E-state index in [1.54, 1.807) is 18.0 Å². The fourth-order valence-corrected chi connectivity index (χ4v) is 2.95. The van der Waals surface area contributed by atoms with Crippen molar-refractivity contribution in [3.05, 3.63) is 51.0 Å². The van der Waals surface area contributed by atoms with E-state index in [0.29, 0.717) is 6.54 Å². The smallest absolute Gasteiger partial charge is 0.101 e. The molecule has 0 bridgehead atoms. The molecular formula is C12H10Br2N2S. The number of nitrogens with two attached hydrogens (primary N) is 1. The van der Waals surface area contributed by atoms with Crippen LogP contribution in [0.5, 0.6) is 0 Å². The standard InChI is InChI=1S/C12H10Br2N2S/c13-9-2-4-12(16-7-9)17-11-3-1-8(6-15)5-10(11)14/h1-5,7H,6,15H2. The number of aromatic nitrogens is 1. The minimum Gasteiger partial charge on any atom is -0.326 e. The van der Waals surface area contributed by atoms with Crippen molar-refractivity contribution in [1.82, 2.24) is 4.98 Å². The summed E-state index contributed by atoms with van der Waals surface area (Å²) in [6.07, 6.45) is 1.80. The molecule has 0 aliphatic carbocycles. The van der Waals surface area contributed by atoms with Crippen LogP contribution in [0.3, 0.4) is 0 Å². The Kier molecular flexibility index (Phi) is 4.62. The Morgan fingerprint density at radius 3 is 2.59 bits per heavy atom. The van der Waals surface area contributed by atoms with Crippen molar-refractivity contribution in [2.24, 2.45) is 5.73 Å². The van der Waals surface area contributed by atoms with Crippen molar-refractivity contribution in [2.75, 3.05) is 0 Å². The van der Waals surface area contributed by atoms with Crippen LogP contribution in [0.4, 0.5) is 0 Å². The summed E-state index contributed by atoms with van der Waals surface area (Å²) in [5, 5.41) is 0.967. The van der Waals surface area contributed by atoms with Gasteiger partial charge in [-0.1, -0.05) is 17.8 Å².